The van der Waals surface area contributed by atoms with Crippen LogP contribution in [0.1, 0.15) is 12.7 Å². The van der Waals surface area contributed by atoms with Crippen LogP contribution in [0.4, 0.5) is 0 Å². The Labute approximate surface area is 129 Å². The van der Waals surface area contributed by atoms with Crippen molar-refractivity contribution < 1.29 is 28.2 Å². The highest BCUT2D eigenvalue weighted by atomic mass is 32.2. The van der Waals surface area contributed by atoms with E-state index < -0.39 is 9.84 Å². The van der Waals surface area contributed by atoms with Crippen LogP contribution in [-0.2, 0) is 26.0 Å². The van der Waals surface area contributed by atoms with E-state index >= 15 is 0 Å². The largest absolute Gasteiger partial charge is 0.483 e. The van der Waals surface area contributed by atoms with E-state index in [0.29, 0.717) is 6.54 Å². The number of hydrogen-bond donors (Lipinski definition) is 3. The first-order valence-electron chi connectivity index (χ1n) is 6.26. The molecule has 1 aromatic heterocycles. The average molecular weight is 337 g/mol. The van der Waals surface area contributed by atoms with E-state index in [1.54, 1.807) is 6.20 Å². The van der Waals surface area contributed by atoms with Crippen LogP contribution in [0, 0.1) is 6.92 Å². The van der Waals surface area contributed by atoms with Crippen molar-refractivity contribution in [2.24, 2.45) is 0 Å². The number of rotatable bonds is 6. The molecule has 9 nitrogen and oxygen atoms in total. The highest BCUT2D eigenvalue weighted by Gasteiger charge is 2.06. The molecule has 1 unspecified atom stereocenters. The van der Waals surface area contributed by atoms with Gasteiger partial charge in [0.2, 0.25) is 0 Å². The van der Waals surface area contributed by atoms with E-state index in [2.05, 4.69) is 10.3 Å². The highest BCUT2D eigenvalue weighted by molar-refractivity contribution is 7.90. The van der Waals surface area contributed by atoms with E-state index in [9.17, 15) is 8.42 Å². The predicted molar refractivity (Wildman–Crippen MR) is 81.5 cm³/mol. The number of nitrogens with one attached hydrogen (secondary N) is 1. The molecule has 0 fully saturated rings. The van der Waals surface area contributed by atoms with Crippen molar-refractivity contribution in [2.45, 2.75) is 26.4 Å². The lowest BCUT2D eigenvalue weighted by molar-refractivity contribution is -0.123. The SMILES string of the molecule is Cc1nccn1CC(C)NCCS(C)(=O)=O.O=CO.O=CO. The number of sulfone groups is 1. The van der Waals surface area contributed by atoms with Gasteiger partial charge in [0, 0.05) is 37.8 Å². The van der Waals surface area contributed by atoms with Gasteiger partial charge in [-0.15, -0.1) is 0 Å². The fourth-order valence-electron chi connectivity index (χ4n) is 1.45. The van der Waals surface area contributed by atoms with Gasteiger partial charge in [-0.25, -0.2) is 13.4 Å². The lowest BCUT2D eigenvalue weighted by Crippen LogP contribution is -2.34. The fraction of sp³-hybridized carbons (Fsp3) is 0.583. The van der Waals surface area contributed by atoms with Gasteiger partial charge in [0.25, 0.3) is 12.9 Å². The van der Waals surface area contributed by atoms with Crippen LogP contribution in [-0.4, -0.2) is 65.7 Å². The number of nitrogens with zero attached hydrogens (tertiary/aromatic N) is 2. The molecule has 0 aromatic carbocycles. The maximum atomic E-state index is 10.9. The summed E-state index contributed by atoms with van der Waals surface area (Å²) in [5.74, 6) is 1.15. The summed E-state index contributed by atoms with van der Waals surface area (Å²) in [4.78, 5) is 20.9. The van der Waals surface area contributed by atoms with Crippen molar-refractivity contribution in [3.8, 4) is 0 Å². The summed E-state index contributed by atoms with van der Waals surface area (Å²) in [7, 11) is -2.87. The van der Waals surface area contributed by atoms with Gasteiger partial charge in [-0.3, -0.25) is 9.59 Å². The number of imidazole rings is 1. The zero-order chi connectivity index (χ0) is 17.6. The Kier molecular flexibility index (Phi) is 13.0. The molecule has 0 amide bonds. The first kappa shape index (κ1) is 22.3. The molecular weight excluding hydrogens is 314 g/mol. The summed E-state index contributed by atoms with van der Waals surface area (Å²) in [5.41, 5.74) is 0. The highest BCUT2D eigenvalue weighted by Crippen LogP contribution is 1.97. The molecule has 0 aliphatic carbocycles. The molecule has 1 heterocycles. The summed E-state index contributed by atoms with van der Waals surface area (Å²) >= 11 is 0. The van der Waals surface area contributed by atoms with Crippen molar-refractivity contribution in [3.05, 3.63) is 18.2 Å². The Morgan fingerprint density at radius 2 is 1.86 bits per heavy atom. The molecule has 0 aliphatic rings. The second-order valence-corrected chi connectivity index (χ2v) is 6.58. The third-order valence-corrected chi connectivity index (χ3v) is 3.31. The quantitative estimate of drug-likeness (QED) is 0.597. The summed E-state index contributed by atoms with van der Waals surface area (Å²) in [5, 5.41) is 17.0. The van der Waals surface area contributed by atoms with Crippen molar-refractivity contribution in [3.63, 3.8) is 0 Å². The maximum absolute atomic E-state index is 10.9. The normalized spacial score (nSPS) is 11.2. The van der Waals surface area contributed by atoms with Crippen LogP contribution < -0.4 is 5.32 Å². The molecule has 1 aromatic rings. The molecule has 1 atom stereocenters. The minimum Gasteiger partial charge on any atom is -0.483 e. The summed E-state index contributed by atoms with van der Waals surface area (Å²) in [6.45, 7) is 4.77. The van der Waals surface area contributed by atoms with Crippen LogP contribution in [0.5, 0.6) is 0 Å². The van der Waals surface area contributed by atoms with Gasteiger partial charge in [0.1, 0.15) is 15.7 Å². The Balaban J connectivity index is 0. The number of carbonyl (C=O) groups is 2. The molecule has 0 bridgehead atoms. The van der Waals surface area contributed by atoms with E-state index in [4.69, 9.17) is 19.8 Å². The molecule has 3 N–H and O–H groups in total. The van der Waals surface area contributed by atoms with E-state index in [1.165, 1.54) is 6.26 Å². The van der Waals surface area contributed by atoms with Crippen molar-refractivity contribution in [1.82, 2.24) is 14.9 Å². The van der Waals surface area contributed by atoms with Crippen LogP contribution in [0.15, 0.2) is 12.4 Å². The molecule has 22 heavy (non-hydrogen) atoms. The number of hydrogen-bond acceptors (Lipinski definition) is 6. The monoisotopic (exact) mass is 337 g/mol. The zero-order valence-corrected chi connectivity index (χ0v) is 13.7. The molecule has 128 valence electrons. The van der Waals surface area contributed by atoms with Crippen molar-refractivity contribution >= 4 is 22.8 Å². The minimum absolute atomic E-state index is 0.181. The molecule has 0 saturated carbocycles. The van der Waals surface area contributed by atoms with Crippen molar-refractivity contribution in [1.29, 1.82) is 0 Å². The van der Waals surface area contributed by atoms with Gasteiger partial charge in [-0.1, -0.05) is 0 Å². The van der Waals surface area contributed by atoms with E-state index in [1.807, 2.05) is 24.6 Å². The number of aryl methyl sites for hydroxylation is 1. The predicted octanol–water partition coefficient (Wildman–Crippen LogP) is -0.384. The molecule has 10 heteroatoms. The van der Waals surface area contributed by atoms with Gasteiger partial charge in [0.15, 0.2) is 0 Å². The lowest BCUT2D eigenvalue weighted by atomic mass is 10.3. The van der Waals surface area contributed by atoms with E-state index in [0.717, 1.165) is 12.4 Å². The second-order valence-electron chi connectivity index (χ2n) is 4.32. The van der Waals surface area contributed by atoms with Crippen LogP contribution in [0.2, 0.25) is 0 Å². The zero-order valence-electron chi connectivity index (χ0n) is 12.8. The van der Waals surface area contributed by atoms with Crippen LogP contribution >= 0.6 is 0 Å². The number of aromatic nitrogens is 2. The molecule has 0 radical (unpaired) electrons. The topological polar surface area (TPSA) is 139 Å². The summed E-state index contributed by atoms with van der Waals surface area (Å²) in [6.07, 6.45) is 4.93. The molecular formula is C12H23N3O6S. The van der Waals surface area contributed by atoms with Gasteiger partial charge in [-0.2, -0.15) is 0 Å². The first-order chi connectivity index (χ1) is 10.2. The van der Waals surface area contributed by atoms with Crippen molar-refractivity contribution in [2.75, 3.05) is 18.6 Å². The summed E-state index contributed by atoms with van der Waals surface area (Å²) < 4.78 is 23.9. The smallest absolute Gasteiger partial charge is 0.290 e. The molecule has 0 spiro atoms. The number of carboxylic acid groups (broad SMARTS) is 2. The Morgan fingerprint density at radius 3 is 2.23 bits per heavy atom. The van der Waals surface area contributed by atoms with Crippen LogP contribution in [0.3, 0.4) is 0 Å². The summed E-state index contributed by atoms with van der Waals surface area (Å²) in [6, 6.07) is 0.231. The average Bonchev–Trinajstić information content (AvgIpc) is 2.75. The van der Waals surface area contributed by atoms with Gasteiger partial charge in [0.05, 0.1) is 5.75 Å². The first-order valence-corrected chi connectivity index (χ1v) is 8.32. The molecule has 0 aliphatic heterocycles. The fourth-order valence-corrected chi connectivity index (χ4v) is 1.94. The van der Waals surface area contributed by atoms with Crippen LogP contribution in [0.25, 0.3) is 0 Å². The molecule has 1 rings (SSSR count). The lowest BCUT2D eigenvalue weighted by Gasteiger charge is -2.14. The Hall–Kier alpha value is -1.94. The van der Waals surface area contributed by atoms with E-state index in [-0.39, 0.29) is 24.7 Å². The van der Waals surface area contributed by atoms with Gasteiger partial charge < -0.3 is 20.1 Å². The third kappa shape index (κ3) is 14.5. The third-order valence-electron chi connectivity index (χ3n) is 2.36. The minimum atomic E-state index is -2.87. The standard InChI is InChI=1S/C10H19N3O2S.2CH2O2/c1-9(11-5-7-16(3,14)15)8-13-6-4-12-10(13)2;2*2-1-3/h4,6,9,11H,5,7-8H2,1-3H3;2*1H,(H,2,3). The molecule has 0 saturated heterocycles. The second kappa shape index (κ2) is 12.8. The van der Waals surface area contributed by atoms with Gasteiger partial charge >= 0.3 is 0 Å². The maximum Gasteiger partial charge on any atom is 0.290 e. The Morgan fingerprint density at radius 1 is 1.36 bits per heavy atom. The van der Waals surface area contributed by atoms with Gasteiger partial charge in [-0.05, 0) is 13.8 Å². The Bertz CT molecular complexity index is 509.